The van der Waals surface area contributed by atoms with Gasteiger partial charge in [0.25, 0.3) is 0 Å². The average molecular weight is 410 g/mol. The molecule has 7 heteroatoms. The molecular formula is C18H25BrFN5. The molecule has 0 spiro atoms. The van der Waals surface area contributed by atoms with Crippen molar-refractivity contribution in [3.63, 3.8) is 0 Å². The zero-order valence-electron chi connectivity index (χ0n) is 15.3. The van der Waals surface area contributed by atoms with Crippen molar-refractivity contribution in [2.24, 2.45) is 12.0 Å². The second kappa shape index (κ2) is 8.47. The van der Waals surface area contributed by atoms with Crippen molar-refractivity contribution in [1.29, 1.82) is 0 Å². The first-order valence-corrected chi connectivity index (χ1v) is 9.01. The Hall–Kier alpha value is -1.89. The van der Waals surface area contributed by atoms with Gasteiger partial charge in [-0.3, -0.25) is 9.67 Å². The van der Waals surface area contributed by atoms with Gasteiger partial charge in [0.15, 0.2) is 5.96 Å². The summed E-state index contributed by atoms with van der Waals surface area (Å²) in [5.41, 5.74) is 4.05. The third-order valence-corrected chi connectivity index (χ3v) is 4.72. The van der Waals surface area contributed by atoms with E-state index >= 15 is 0 Å². The summed E-state index contributed by atoms with van der Waals surface area (Å²) in [5, 5.41) is 11.0. The van der Waals surface area contributed by atoms with Crippen LogP contribution in [0.15, 0.2) is 27.7 Å². The van der Waals surface area contributed by atoms with Gasteiger partial charge in [0.2, 0.25) is 0 Å². The van der Waals surface area contributed by atoms with E-state index in [1.165, 1.54) is 17.3 Å². The minimum Gasteiger partial charge on any atom is -0.354 e. The fraction of sp³-hybridized carbons (Fsp3) is 0.444. The summed E-state index contributed by atoms with van der Waals surface area (Å²) in [4.78, 5) is 4.23. The Balaban J connectivity index is 1.96. The topological polar surface area (TPSA) is 54.2 Å². The number of guanidine groups is 1. The molecule has 25 heavy (non-hydrogen) atoms. The summed E-state index contributed by atoms with van der Waals surface area (Å²) < 4.78 is 16.6. The first-order valence-electron chi connectivity index (χ1n) is 8.22. The third kappa shape index (κ3) is 5.04. The maximum absolute atomic E-state index is 13.8. The largest absolute Gasteiger partial charge is 0.354 e. The van der Waals surface area contributed by atoms with Crippen molar-refractivity contribution in [2.45, 2.75) is 39.8 Å². The summed E-state index contributed by atoms with van der Waals surface area (Å²) in [6.45, 7) is 6.56. The molecule has 1 aromatic carbocycles. The van der Waals surface area contributed by atoms with Crippen LogP contribution in [-0.2, 0) is 20.0 Å². The van der Waals surface area contributed by atoms with Crippen LogP contribution in [0.1, 0.15) is 29.4 Å². The first-order chi connectivity index (χ1) is 11.8. The van der Waals surface area contributed by atoms with Gasteiger partial charge in [-0.1, -0.05) is 15.9 Å². The van der Waals surface area contributed by atoms with Crippen molar-refractivity contribution in [3.05, 3.63) is 51.0 Å². The molecule has 0 radical (unpaired) electrons. The van der Waals surface area contributed by atoms with Crippen molar-refractivity contribution >= 4 is 21.9 Å². The zero-order valence-corrected chi connectivity index (χ0v) is 16.9. The molecule has 1 unspecified atom stereocenters. The van der Waals surface area contributed by atoms with Gasteiger partial charge in [-0.2, -0.15) is 5.10 Å². The molecule has 0 amide bonds. The molecule has 0 aliphatic carbocycles. The van der Waals surface area contributed by atoms with Crippen molar-refractivity contribution in [1.82, 2.24) is 20.4 Å². The van der Waals surface area contributed by atoms with Crippen LogP contribution in [0.4, 0.5) is 4.39 Å². The van der Waals surface area contributed by atoms with Crippen molar-refractivity contribution in [2.75, 3.05) is 7.05 Å². The van der Waals surface area contributed by atoms with Gasteiger partial charge in [-0.05, 0) is 51.0 Å². The Morgan fingerprint density at radius 3 is 2.72 bits per heavy atom. The monoisotopic (exact) mass is 409 g/mol. The minimum atomic E-state index is -0.235. The third-order valence-electron chi connectivity index (χ3n) is 4.23. The molecule has 136 valence electrons. The average Bonchev–Trinajstić information content (AvgIpc) is 2.80. The van der Waals surface area contributed by atoms with Gasteiger partial charge in [0, 0.05) is 42.4 Å². The second-order valence-electron chi connectivity index (χ2n) is 6.18. The summed E-state index contributed by atoms with van der Waals surface area (Å²) >= 11 is 3.37. The van der Waals surface area contributed by atoms with E-state index in [0.29, 0.717) is 18.1 Å². The molecule has 1 atom stereocenters. The van der Waals surface area contributed by atoms with E-state index in [0.717, 1.165) is 16.6 Å². The number of rotatable bonds is 5. The van der Waals surface area contributed by atoms with E-state index < -0.39 is 0 Å². The van der Waals surface area contributed by atoms with Crippen molar-refractivity contribution < 1.29 is 4.39 Å². The summed E-state index contributed by atoms with van der Waals surface area (Å²) in [5.74, 6) is 0.409. The summed E-state index contributed by atoms with van der Waals surface area (Å²) in [6.07, 6.45) is 0.845. The quantitative estimate of drug-likeness (QED) is 0.588. The van der Waals surface area contributed by atoms with E-state index in [2.05, 4.69) is 50.5 Å². The molecule has 1 aromatic heterocycles. The van der Waals surface area contributed by atoms with Gasteiger partial charge < -0.3 is 10.6 Å². The highest BCUT2D eigenvalue weighted by Gasteiger charge is 2.14. The van der Waals surface area contributed by atoms with Crippen LogP contribution in [0.3, 0.4) is 0 Å². The Kier molecular flexibility index (Phi) is 6.58. The molecule has 2 aromatic rings. The lowest BCUT2D eigenvalue weighted by Crippen LogP contribution is -2.42. The molecule has 0 fully saturated rings. The van der Waals surface area contributed by atoms with Crippen LogP contribution in [0.25, 0.3) is 0 Å². The molecular weight excluding hydrogens is 385 g/mol. The molecule has 2 N–H and O–H groups in total. The first kappa shape index (κ1) is 19.4. The molecule has 0 aliphatic rings. The van der Waals surface area contributed by atoms with Crippen LogP contribution >= 0.6 is 15.9 Å². The van der Waals surface area contributed by atoms with E-state index in [1.54, 1.807) is 19.2 Å². The van der Waals surface area contributed by atoms with E-state index in [-0.39, 0.29) is 11.9 Å². The van der Waals surface area contributed by atoms with Crippen LogP contribution in [-0.4, -0.2) is 28.8 Å². The molecule has 0 saturated heterocycles. The maximum atomic E-state index is 13.8. The lowest BCUT2D eigenvalue weighted by molar-refractivity contribution is 0.599. The van der Waals surface area contributed by atoms with Crippen LogP contribution in [0.5, 0.6) is 0 Å². The fourth-order valence-electron chi connectivity index (χ4n) is 2.76. The number of nitrogens with one attached hydrogen (secondary N) is 2. The number of nitrogens with zero attached hydrogens (tertiary/aromatic N) is 3. The maximum Gasteiger partial charge on any atom is 0.191 e. The minimum absolute atomic E-state index is 0.167. The van der Waals surface area contributed by atoms with Crippen LogP contribution in [0.2, 0.25) is 0 Å². The van der Waals surface area contributed by atoms with Gasteiger partial charge in [0.1, 0.15) is 5.82 Å². The Labute approximate surface area is 156 Å². The highest BCUT2D eigenvalue weighted by atomic mass is 79.9. The molecule has 1 heterocycles. The molecule has 0 aliphatic heterocycles. The SMILES string of the molecule is CN=C(NCc1cc(Br)ccc1F)NC(C)Cc1c(C)nn(C)c1C. The number of aromatic nitrogens is 2. The second-order valence-corrected chi connectivity index (χ2v) is 7.10. The summed E-state index contributed by atoms with van der Waals surface area (Å²) in [7, 11) is 3.66. The molecule has 0 saturated carbocycles. The number of aliphatic imine (C=N–C) groups is 1. The van der Waals surface area contributed by atoms with Gasteiger partial charge in [-0.25, -0.2) is 4.39 Å². The van der Waals surface area contributed by atoms with E-state index in [4.69, 9.17) is 0 Å². The predicted octanol–water partition coefficient (Wildman–Crippen LogP) is 3.23. The number of halogens is 2. The molecule has 2 rings (SSSR count). The van der Waals surface area contributed by atoms with Crippen LogP contribution in [0, 0.1) is 19.7 Å². The highest BCUT2D eigenvalue weighted by molar-refractivity contribution is 9.10. The van der Waals surface area contributed by atoms with Crippen LogP contribution < -0.4 is 10.6 Å². The number of hydrogen-bond donors (Lipinski definition) is 2. The number of aryl methyl sites for hydroxylation is 2. The molecule has 5 nitrogen and oxygen atoms in total. The zero-order chi connectivity index (χ0) is 18.6. The number of hydrogen-bond acceptors (Lipinski definition) is 2. The van der Waals surface area contributed by atoms with Gasteiger partial charge >= 0.3 is 0 Å². The Bertz CT molecular complexity index is 769. The highest BCUT2D eigenvalue weighted by Crippen LogP contribution is 2.16. The lowest BCUT2D eigenvalue weighted by atomic mass is 10.1. The Morgan fingerprint density at radius 2 is 2.12 bits per heavy atom. The molecule has 0 bridgehead atoms. The van der Waals surface area contributed by atoms with Gasteiger partial charge in [0.05, 0.1) is 5.69 Å². The van der Waals surface area contributed by atoms with Crippen molar-refractivity contribution in [3.8, 4) is 0 Å². The lowest BCUT2D eigenvalue weighted by Gasteiger charge is -2.18. The fourth-order valence-corrected chi connectivity index (χ4v) is 3.16. The van der Waals surface area contributed by atoms with Gasteiger partial charge in [-0.15, -0.1) is 0 Å². The standard InChI is InChI=1S/C18H25BrFN5/c1-11(8-16-12(2)24-25(5)13(16)3)23-18(21-4)22-10-14-9-15(19)6-7-17(14)20/h6-7,9,11H,8,10H2,1-5H3,(H2,21,22,23). The normalized spacial score (nSPS) is 13.0. The smallest absolute Gasteiger partial charge is 0.191 e. The van der Waals surface area contributed by atoms with E-state index in [9.17, 15) is 4.39 Å². The number of benzene rings is 1. The predicted molar refractivity (Wildman–Crippen MR) is 103 cm³/mol. The Morgan fingerprint density at radius 1 is 1.40 bits per heavy atom. The summed E-state index contributed by atoms with van der Waals surface area (Å²) in [6, 6.07) is 5.07. The van der Waals surface area contributed by atoms with E-state index in [1.807, 2.05) is 18.7 Å².